The summed E-state index contributed by atoms with van der Waals surface area (Å²) in [6, 6.07) is 14.0. The van der Waals surface area contributed by atoms with Gasteiger partial charge in [0.05, 0.1) is 10.9 Å². The van der Waals surface area contributed by atoms with Gasteiger partial charge in [-0.1, -0.05) is 55.1 Å². The zero-order chi connectivity index (χ0) is 20.8. The summed E-state index contributed by atoms with van der Waals surface area (Å²) in [5.74, 6) is 0.140. The fourth-order valence-corrected chi connectivity index (χ4v) is 3.27. The Morgan fingerprint density at radius 3 is 2.62 bits per heavy atom. The molecule has 3 rings (SSSR count). The Balaban J connectivity index is 1.64. The lowest BCUT2D eigenvalue weighted by Gasteiger charge is -2.14. The quantitative estimate of drug-likeness (QED) is 0.516. The maximum Gasteiger partial charge on any atom is 0.387 e. The zero-order valence-electron chi connectivity index (χ0n) is 15.9. The molecule has 0 bridgehead atoms. The predicted molar refractivity (Wildman–Crippen MR) is 108 cm³/mol. The van der Waals surface area contributed by atoms with E-state index >= 15 is 0 Å². The fourth-order valence-electron chi connectivity index (χ4n) is 2.54. The highest BCUT2D eigenvalue weighted by molar-refractivity contribution is 8.00. The Kier molecular flexibility index (Phi) is 6.82. The number of hydrogen-bond donors (Lipinski definition) is 2. The first kappa shape index (κ1) is 20.8. The molecule has 152 valence electrons. The fraction of sp³-hybridized carbons (Fsp3) is 0.250. The molecule has 0 aliphatic heterocycles. The number of aromatic amines is 1. The molecule has 0 unspecified atom stereocenters. The topological polar surface area (TPSA) is 79.9 Å². The van der Waals surface area contributed by atoms with Gasteiger partial charge in [-0.15, -0.1) is 5.10 Å². The Labute approximate surface area is 171 Å². The highest BCUT2D eigenvalue weighted by Crippen LogP contribution is 2.28. The molecule has 0 aliphatic rings. The van der Waals surface area contributed by atoms with E-state index in [1.54, 1.807) is 19.1 Å². The number of ether oxygens (including phenoxy) is 1. The monoisotopic (exact) mass is 418 g/mol. The number of benzene rings is 2. The van der Waals surface area contributed by atoms with Gasteiger partial charge in [0.25, 0.3) is 0 Å². The second kappa shape index (κ2) is 9.51. The highest BCUT2D eigenvalue weighted by Gasteiger charge is 2.19. The number of aromatic nitrogens is 3. The third-order valence-corrected chi connectivity index (χ3v) is 5.07. The Bertz CT molecular complexity index is 963. The minimum absolute atomic E-state index is 0.0937. The maximum atomic E-state index is 12.5. The molecule has 0 saturated carbocycles. The molecule has 0 saturated heterocycles. The van der Waals surface area contributed by atoms with E-state index in [4.69, 9.17) is 0 Å². The van der Waals surface area contributed by atoms with Crippen molar-refractivity contribution in [1.29, 1.82) is 0 Å². The van der Waals surface area contributed by atoms with Crippen molar-refractivity contribution in [2.75, 3.05) is 5.32 Å². The normalized spacial score (nSPS) is 12.0. The molecule has 2 N–H and O–H groups in total. The molecule has 0 spiro atoms. The van der Waals surface area contributed by atoms with Gasteiger partial charge in [-0.25, -0.2) is 4.98 Å². The van der Waals surface area contributed by atoms with Gasteiger partial charge in [-0.05, 0) is 31.0 Å². The molecular formula is C20H20F2N4O2S. The summed E-state index contributed by atoms with van der Waals surface area (Å²) in [5, 5.41) is 9.48. The summed E-state index contributed by atoms with van der Waals surface area (Å²) in [6.07, 6.45) is 0.954. The number of rotatable bonds is 8. The van der Waals surface area contributed by atoms with Crippen LogP contribution in [0.25, 0.3) is 11.4 Å². The van der Waals surface area contributed by atoms with Gasteiger partial charge < -0.3 is 10.1 Å². The van der Waals surface area contributed by atoms with Crippen LogP contribution < -0.4 is 10.1 Å². The van der Waals surface area contributed by atoms with E-state index in [0.717, 1.165) is 23.7 Å². The predicted octanol–water partition coefficient (Wildman–Crippen LogP) is 4.75. The summed E-state index contributed by atoms with van der Waals surface area (Å²) in [5.41, 5.74) is 2.30. The van der Waals surface area contributed by atoms with Crippen LogP contribution in [0.3, 0.4) is 0 Å². The van der Waals surface area contributed by atoms with E-state index in [-0.39, 0.29) is 17.3 Å². The van der Waals surface area contributed by atoms with Crippen molar-refractivity contribution in [3.8, 4) is 17.1 Å². The summed E-state index contributed by atoms with van der Waals surface area (Å²) in [6.45, 7) is 0.795. The van der Waals surface area contributed by atoms with Crippen molar-refractivity contribution >= 4 is 23.4 Å². The molecule has 1 heterocycles. The first-order valence-electron chi connectivity index (χ1n) is 8.99. The lowest BCUT2D eigenvalue weighted by Crippen LogP contribution is -2.23. The lowest BCUT2D eigenvalue weighted by atomic mass is 10.1. The van der Waals surface area contributed by atoms with Crippen molar-refractivity contribution in [1.82, 2.24) is 15.2 Å². The molecule has 2 aromatic carbocycles. The second-order valence-corrected chi connectivity index (χ2v) is 7.45. The van der Waals surface area contributed by atoms with E-state index < -0.39 is 11.9 Å². The number of thioether (sulfide) groups is 1. The van der Waals surface area contributed by atoms with E-state index in [0.29, 0.717) is 11.0 Å². The van der Waals surface area contributed by atoms with Crippen LogP contribution in [0, 0.1) is 0 Å². The summed E-state index contributed by atoms with van der Waals surface area (Å²) in [4.78, 5) is 16.9. The van der Waals surface area contributed by atoms with Gasteiger partial charge in [0.2, 0.25) is 11.1 Å². The van der Waals surface area contributed by atoms with Crippen molar-refractivity contribution in [3.05, 3.63) is 54.1 Å². The number of nitrogens with zero attached hydrogens (tertiary/aromatic N) is 2. The van der Waals surface area contributed by atoms with Crippen LogP contribution in [-0.2, 0) is 11.2 Å². The van der Waals surface area contributed by atoms with Gasteiger partial charge in [0.15, 0.2) is 5.82 Å². The minimum atomic E-state index is -2.97. The van der Waals surface area contributed by atoms with Gasteiger partial charge in [-0.2, -0.15) is 8.78 Å². The number of aryl methyl sites for hydroxylation is 1. The molecule has 6 nitrogen and oxygen atoms in total. The number of carbonyl (C=O) groups is 1. The number of alkyl halides is 2. The average Bonchev–Trinajstić information content (AvgIpc) is 3.17. The Morgan fingerprint density at radius 2 is 1.93 bits per heavy atom. The van der Waals surface area contributed by atoms with Crippen LogP contribution in [-0.4, -0.2) is 32.9 Å². The number of H-pyrrole nitrogens is 1. The summed E-state index contributed by atoms with van der Waals surface area (Å²) in [7, 11) is 0. The van der Waals surface area contributed by atoms with E-state index in [1.807, 2.05) is 24.3 Å². The molecular weight excluding hydrogens is 398 g/mol. The van der Waals surface area contributed by atoms with Crippen LogP contribution in [0.1, 0.15) is 19.4 Å². The summed E-state index contributed by atoms with van der Waals surface area (Å²) < 4.78 is 29.4. The van der Waals surface area contributed by atoms with Gasteiger partial charge in [-0.3, -0.25) is 9.89 Å². The first-order valence-corrected chi connectivity index (χ1v) is 9.87. The third-order valence-electron chi connectivity index (χ3n) is 4.11. The average molecular weight is 418 g/mol. The zero-order valence-corrected chi connectivity index (χ0v) is 16.7. The number of para-hydroxylation sites is 2. The van der Waals surface area contributed by atoms with Crippen LogP contribution in [0.4, 0.5) is 14.5 Å². The molecule has 1 aromatic heterocycles. The molecule has 0 aliphatic carbocycles. The third kappa shape index (κ3) is 5.54. The van der Waals surface area contributed by atoms with Crippen LogP contribution >= 0.6 is 11.8 Å². The molecule has 3 aromatic rings. The van der Waals surface area contributed by atoms with E-state index in [2.05, 4.69) is 32.2 Å². The van der Waals surface area contributed by atoms with Gasteiger partial charge in [0.1, 0.15) is 5.75 Å². The number of nitrogens with one attached hydrogen (secondary N) is 2. The molecule has 0 radical (unpaired) electrons. The van der Waals surface area contributed by atoms with Crippen molar-refractivity contribution < 1.29 is 18.3 Å². The first-order chi connectivity index (χ1) is 14.0. The van der Waals surface area contributed by atoms with E-state index in [9.17, 15) is 13.6 Å². The number of carbonyl (C=O) groups excluding carboxylic acids is 1. The van der Waals surface area contributed by atoms with Crippen LogP contribution in [0.2, 0.25) is 0 Å². The molecule has 0 fully saturated rings. The van der Waals surface area contributed by atoms with Crippen molar-refractivity contribution in [3.63, 3.8) is 0 Å². The Morgan fingerprint density at radius 1 is 1.21 bits per heavy atom. The largest absolute Gasteiger partial charge is 0.433 e. The van der Waals surface area contributed by atoms with Crippen molar-refractivity contribution in [2.24, 2.45) is 0 Å². The molecule has 1 amide bonds. The molecule has 9 heteroatoms. The Hall–Kier alpha value is -2.94. The smallest absolute Gasteiger partial charge is 0.387 e. The lowest BCUT2D eigenvalue weighted by molar-refractivity contribution is -0.115. The highest BCUT2D eigenvalue weighted by atomic mass is 32.2. The second-order valence-electron chi connectivity index (χ2n) is 6.14. The number of amides is 1. The van der Waals surface area contributed by atoms with Gasteiger partial charge in [0, 0.05) is 5.56 Å². The SMILES string of the molecule is CCc1ccc(-c2nc(S[C@@H](C)C(=O)Nc3ccccc3OC(F)F)n[nH]2)cc1. The maximum absolute atomic E-state index is 12.5. The number of hydrogen-bond acceptors (Lipinski definition) is 5. The number of anilines is 1. The van der Waals surface area contributed by atoms with E-state index in [1.165, 1.54) is 17.7 Å². The standard InChI is InChI=1S/C20H20F2N4O2S/c1-3-13-8-10-14(11-9-13)17-24-20(26-25-17)29-12(2)18(27)23-15-6-4-5-7-16(15)28-19(21)22/h4-12,19H,3H2,1-2H3,(H,23,27)(H,24,25,26)/t12-/m0/s1. The van der Waals surface area contributed by atoms with Crippen LogP contribution in [0.15, 0.2) is 53.7 Å². The minimum Gasteiger partial charge on any atom is -0.433 e. The van der Waals surface area contributed by atoms with Crippen LogP contribution in [0.5, 0.6) is 5.75 Å². The number of halogens is 2. The molecule has 1 atom stereocenters. The van der Waals surface area contributed by atoms with Crippen molar-refractivity contribution in [2.45, 2.75) is 37.3 Å². The van der Waals surface area contributed by atoms with Gasteiger partial charge >= 0.3 is 6.61 Å². The molecule has 29 heavy (non-hydrogen) atoms. The summed E-state index contributed by atoms with van der Waals surface area (Å²) >= 11 is 1.16.